The van der Waals surface area contributed by atoms with Gasteiger partial charge in [0.15, 0.2) is 5.89 Å². The molecular weight excluding hydrogens is 216 g/mol. The van der Waals surface area contributed by atoms with Crippen molar-refractivity contribution in [3.05, 3.63) is 11.6 Å². The zero-order valence-corrected chi connectivity index (χ0v) is 9.20. The summed E-state index contributed by atoms with van der Waals surface area (Å²) in [7, 11) is 1.20. The molecule has 0 saturated heterocycles. The molecule has 16 heavy (non-hydrogen) atoms. The van der Waals surface area contributed by atoms with Gasteiger partial charge in [0.25, 0.3) is 0 Å². The second-order valence-electron chi connectivity index (χ2n) is 2.75. The lowest BCUT2D eigenvalue weighted by atomic mass is 10.4. The van der Waals surface area contributed by atoms with Crippen molar-refractivity contribution in [2.45, 2.75) is 13.8 Å². The molecule has 0 atom stereocenters. The van der Waals surface area contributed by atoms with Gasteiger partial charge in [-0.3, -0.25) is 5.32 Å². The number of amides is 1. The van der Waals surface area contributed by atoms with Crippen molar-refractivity contribution < 1.29 is 23.5 Å². The highest BCUT2D eigenvalue weighted by atomic mass is 16.5. The molecule has 0 aromatic carbocycles. The molecule has 0 fully saturated rings. The van der Waals surface area contributed by atoms with Gasteiger partial charge in [0.05, 0.1) is 13.7 Å². The van der Waals surface area contributed by atoms with Crippen LogP contribution < -0.4 is 5.32 Å². The predicted molar refractivity (Wildman–Crippen MR) is 53.2 cm³/mol. The van der Waals surface area contributed by atoms with Crippen molar-refractivity contribution in [2.75, 3.05) is 19.0 Å². The number of ether oxygens (including phenoxy) is 2. The fourth-order valence-electron chi connectivity index (χ4n) is 0.993. The first kappa shape index (κ1) is 12.0. The molecule has 1 heterocycles. The van der Waals surface area contributed by atoms with Crippen LogP contribution in [0.25, 0.3) is 0 Å². The molecule has 1 N–H and O–H groups in total. The van der Waals surface area contributed by atoms with Crippen molar-refractivity contribution >= 4 is 17.9 Å². The molecule has 7 nitrogen and oxygen atoms in total. The molecule has 1 aromatic heterocycles. The number of oxazole rings is 1. The van der Waals surface area contributed by atoms with Gasteiger partial charge in [-0.1, -0.05) is 0 Å². The van der Waals surface area contributed by atoms with Gasteiger partial charge in [-0.05, 0) is 6.92 Å². The molecule has 0 radical (unpaired) electrons. The Morgan fingerprint density at radius 3 is 2.75 bits per heavy atom. The topological polar surface area (TPSA) is 90.7 Å². The molecule has 0 aliphatic heterocycles. The Labute approximate surface area is 91.7 Å². The van der Waals surface area contributed by atoms with Gasteiger partial charge < -0.3 is 13.9 Å². The van der Waals surface area contributed by atoms with Gasteiger partial charge >= 0.3 is 12.1 Å². The van der Waals surface area contributed by atoms with Crippen LogP contribution in [-0.2, 0) is 9.47 Å². The van der Waals surface area contributed by atoms with E-state index in [1.807, 2.05) is 0 Å². The summed E-state index contributed by atoms with van der Waals surface area (Å²) in [4.78, 5) is 26.2. The van der Waals surface area contributed by atoms with Crippen molar-refractivity contribution in [3.8, 4) is 0 Å². The predicted octanol–water partition coefficient (Wildman–Crippen LogP) is 1.34. The first-order chi connectivity index (χ1) is 7.58. The van der Waals surface area contributed by atoms with Crippen LogP contribution in [0.1, 0.15) is 23.3 Å². The number of carbonyl (C=O) groups excluding carboxylic acids is 2. The number of esters is 1. The summed E-state index contributed by atoms with van der Waals surface area (Å²) in [5.41, 5.74) is -0.0789. The van der Waals surface area contributed by atoms with Gasteiger partial charge in [0.1, 0.15) is 0 Å². The Kier molecular flexibility index (Phi) is 3.87. The zero-order valence-electron chi connectivity index (χ0n) is 9.20. The van der Waals surface area contributed by atoms with Crippen LogP contribution >= 0.6 is 0 Å². The van der Waals surface area contributed by atoms with Crippen LogP contribution in [0.3, 0.4) is 0 Å². The molecule has 0 aliphatic carbocycles. The number of anilines is 1. The Balaban J connectivity index is 2.91. The molecular formula is C9H12N2O5. The third-order valence-corrected chi connectivity index (χ3v) is 1.60. The smallest absolute Gasteiger partial charge is 0.413 e. The maximum absolute atomic E-state index is 11.4. The molecule has 0 aliphatic rings. The number of nitrogens with zero attached hydrogens (tertiary/aromatic N) is 1. The summed E-state index contributed by atoms with van der Waals surface area (Å²) in [6.45, 7) is 3.42. The highest BCUT2D eigenvalue weighted by Gasteiger charge is 2.21. The van der Waals surface area contributed by atoms with Crippen LogP contribution in [0, 0.1) is 6.92 Å². The van der Waals surface area contributed by atoms with E-state index in [0.29, 0.717) is 0 Å². The summed E-state index contributed by atoms with van der Waals surface area (Å²) in [6, 6.07) is 0. The summed E-state index contributed by atoms with van der Waals surface area (Å²) in [5, 5.41) is 2.23. The number of hydrogen-bond donors (Lipinski definition) is 1. The lowest BCUT2D eigenvalue weighted by Crippen LogP contribution is -2.14. The second-order valence-corrected chi connectivity index (χ2v) is 2.75. The minimum Gasteiger partial charge on any atom is -0.461 e. The van der Waals surface area contributed by atoms with Gasteiger partial charge in [0.2, 0.25) is 11.6 Å². The highest BCUT2D eigenvalue weighted by molar-refractivity contribution is 5.96. The van der Waals surface area contributed by atoms with Crippen LogP contribution in [0.4, 0.5) is 10.7 Å². The summed E-state index contributed by atoms with van der Waals surface area (Å²) >= 11 is 0. The lowest BCUT2D eigenvalue weighted by Gasteiger charge is -2.01. The molecule has 0 spiro atoms. The Bertz CT molecular complexity index is 399. The first-order valence-electron chi connectivity index (χ1n) is 4.58. The van der Waals surface area contributed by atoms with Gasteiger partial charge in [-0.25, -0.2) is 14.6 Å². The number of methoxy groups -OCH3 is 1. The van der Waals surface area contributed by atoms with Crippen LogP contribution in [0.5, 0.6) is 0 Å². The Morgan fingerprint density at radius 1 is 1.50 bits per heavy atom. The average Bonchev–Trinajstić information content (AvgIpc) is 2.59. The van der Waals surface area contributed by atoms with E-state index in [2.05, 4.69) is 15.0 Å². The average molecular weight is 228 g/mol. The number of carbonyl (C=O) groups is 2. The third kappa shape index (κ3) is 2.72. The second kappa shape index (κ2) is 5.15. The van der Waals surface area contributed by atoms with Crippen LogP contribution in [0.2, 0.25) is 0 Å². The third-order valence-electron chi connectivity index (χ3n) is 1.60. The molecule has 0 bridgehead atoms. The SMILES string of the molecule is CCOC(=O)c1nc(C)oc1NC(=O)OC. The molecule has 88 valence electrons. The fraction of sp³-hybridized carbons (Fsp3) is 0.444. The van der Waals surface area contributed by atoms with E-state index < -0.39 is 12.1 Å². The van der Waals surface area contributed by atoms with E-state index in [1.165, 1.54) is 7.11 Å². The van der Waals surface area contributed by atoms with Crippen molar-refractivity contribution in [1.82, 2.24) is 4.98 Å². The minimum atomic E-state index is -0.748. The van der Waals surface area contributed by atoms with Gasteiger partial charge in [-0.15, -0.1) is 0 Å². The number of nitrogens with one attached hydrogen (secondary N) is 1. The van der Waals surface area contributed by atoms with Crippen molar-refractivity contribution in [3.63, 3.8) is 0 Å². The van der Waals surface area contributed by atoms with Gasteiger partial charge in [-0.2, -0.15) is 0 Å². The number of hydrogen-bond acceptors (Lipinski definition) is 6. The normalized spacial score (nSPS) is 9.69. The standard InChI is InChI=1S/C9H12N2O5/c1-4-15-8(12)6-7(11-9(13)14-3)16-5(2)10-6/h4H2,1-3H3,(H,11,13). The Hall–Kier alpha value is -2.05. The quantitative estimate of drug-likeness (QED) is 0.785. The summed E-state index contributed by atoms with van der Waals surface area (Å²) in [6.07, 6.45) is -0.748. The molecule has 1 aromatic rings. The minimum absolute atomic E-state index is 0.0789. The molecule has 1 rings (SSSR count). The van der Waals surface area contributed by atoms with E-state index in [-0.39, 0.29) is 24.1 Å². The Morgan fingerprint density at radius 2 is 2.19 bits per heavy atom. The van der Waals surface area contributed by atoms with E-state index in [9.17, 15) is 9.59 Å². The summed E-state index contributed by atoms with van der Waals surface area (Å²) < 4.78 is 14.1. The molecule has 0 saturated carbocycles. The van der Waals surface area contributed by atoms with Crippen LogP contribution in [-0.4, -0.2) is 30.8 Å². The maximum atomic E-state index is 11.4. The monoisotopic (exact) mass is 228 g/mol. The first-order valence-corrected chi connectivity index (χ1v) is 4.58. The zero-order chi connectivity index (χ0) is 12.1. The van der Waals surface area contributed by atoms with E-state index in [0.717, 1.165) is 0 Å². The summed E-state index contributed by atoms with van der Waals surface area (Å²) in [5.74, 6) is -0.497. The van der Waals surface area contributed by atoms with E-state index in [1.54, 1.807) is 13.8 Å². The largest absolute Gasteiger partial charge is 0.461 e. The molecule has 1 amide bonds. The number of rotatable bonds is 3. The highest BCUT2D eigenvalue weighted by Crippen LogP contribution is 2.17. The fourth-order valence-corrected chi connectivity index (χ4v) is 0.993. The van der Waals surface area contributed by atoms with E-state index >= 15 is 0 Å². The van der Waals surface area contributed by atoms with Crippen LogP contribution in [0.15, 0.2) is 4.42 Å². The van der Waals surface area contributed by atoms with Crippen molar-refractivity contribution in [2.24, 2.45) is 0 Å². The molecule has 0 unspecified atom stereocenters. The van der Waals surface area contributed by atoms with Crippen molar-refractivity contribution in [1.29, 1.82) is 0 Å². The van der Waals surface area contributed by atoms with Gasteiger partial charge in [0, 0.05) is 6.92 Å². The number of aromatic nitrogens is 1. The lowest BCUT2D eigenvalue weighted by molar-refractivity contribution is 0.0521. The molecule has 7 heteroatoms. The van der Waals surface area contributed by atoms with E-state index in [4.69, 9.17) is 9.15 Å². The number of aryl methyl sites for hydroxylation is 1. The maximum Gasteiger partial charge on any atom is 0.413 e.